The van der Waals surface area contributed by atoms with Crippen LogP contribution in [0.15, 0.2) is 23.1 Å². The average Bonchev–Trinajstić information content (AvgIpc) is 2.28. The van der Waals surface area contributed by atoms with E-state index in [1.807, 2.05) is 6.92 Å². The number of aromatic amines is 1. The predicted molar refractivity (Wildman–Crippen MR) is 67.7 cm³/mol. The van der Waals surface area contributed by atoms with Crippen molar-refractivity contribution >= 4 is 18.3 Å². The summed E-state index contributed by atoms with van der Waals surface area (Å²) in [7, 11) is 0. The second-order valence-electron chi connectivity index (χ2n) is 4.05. The van der Waals surface area contributed by atoms with Gasteiger partial charge in [0.15, 0.2) is 0 Å². The molecule has 6 heteroatoms. The van der Waals surface area contributed by atoms with Crippen LogP contribution in [-0.2, 0) is 0 Å². The molecule has 2 rings (SSSR count). The van der Waals surface area contributed by atoms with Gasteiger partial charge in [-0.15, -0.1) is 12.4 Å². The number of rotatable bonds is 1. The Hall–Kier alpha value is -1.33. The first kappa shape index (κ1) is 13.7. The Bertz CT molecular complexity index is 446. The number of nitrogens with one attached hydrogen (secondary N) is 2. The smallest absolute Gasteiger partial charge is 0.254 e. The molecule has 0 bridgehead atoms. The lowest BCUT2D eigenvalue weighted by Crippen LogP contribution is -2.51. The van der Waals surface area contributed by atoms with Crippen molar-refractivity contribution < 1.29 is 4.79 Å². The lowest BCUT2D eigenvalue weighted by molar-refractivity contribution is 0.0709. The third-order valence-corrected chi connectivity index (χ3v) is 2.68. The highest BCUT2D eigenvalue weighted by Gasteiger charge is 2.21. The summed E-state index contributed by atoms with van der Waals surface area (Å²) in [5, 5.41) is 3.27. The molecule has 0 unspecified atom stereocenters. The van der Waals surface area contributed by atoms with Crippen LogP contribution in [0.4, 0.5) is 0 Å². The molecule has 5 nitrogen and oxygen atoms in total. The Kier molecular flexibility index (Phi) is 4.72. The van der Waals surface area contributed by atoms with Gasteiger partial charge in [-0.1, -0.05) is 0 Å². The molecule has 2 heterocycles. The van der Waals surface area contributed by atoms with Crippen molar-refractivity contribution in [2.75, 3.05) is 19.6 Å². The molecule has 2 N–H and O–H groups in total. The molecule has 0 radical (unpaired) electrons. The van der Waals surface area contributed by atoms with E-state index in [4.69, 9.17) is 0 Å². The second-order valence-corrected chi connectivity index (χ2v) is 4.05. The number of pyridine rings is 1. The summed E-state index contributed by atoms with van der Waals surface area (Å²) in [6, 6.07) is 3.28. The molecule has 0 spiro atoms. The summed E-state index contributed by atoms with van der Waals surface area (Å²) in [6.45, 7) is 4.22. The molecule has 1 aromatic heterocycles. The van der Waals surface area contributed by atoms with E-state index in [9.17, 15) is 9.59 Å². The molecule has 1 aliphatic rings. The molecule has 1 aliphatic heterocycles. The fraction of sp³-hybridized carbons (Fsp3) is 0.455. The maximum atomic E-state index is 12.0. The van der Waals surface area contributed by atoms with Crippen LogP contribution in [0.25, 0.3) is 0 Å². The van der Waals surface area contributed by atoms with Gasteiger partial charge in [0, 0.05) is 43.5 Å². The van der Waals surface area contributed by atoms with E-state index >= 15 is 0 Å². The Morgan fingerprint density at radius 2 is 2.29 bits per heavy atom. The van der Waals surface area contributed by atoms with Crippen LogP contribution in [-0.4, -0.2) is 41.5 Å². The van der Waals surface area contributed by atoms with Gasteiger partial charge in [0.05, 0.1) is 0 Å². The molecule has 1 fully saturated rings. The number of halogens is 1. The summed E-state index contributed by atoms with van der Waals surface area (Å²) >= 11 is 0. The highest BCUT2D eigenvalue weighted by molar-refractivity contribution is 5.94. The first-order valence-corrected chi connectivity index (χ1v) is 5.38. The van der Waals surface area contributed by atoms with Crippen LogP contribution < -0.4 is 10.9 Å². The van der Waals surface area contributed by atoms with E-state index in [0.717, 1.165) is 6.54 Å². The van der Waals surface area contributed by atoms with Crippen LogP contribution in [0.5, 0.6) is 0 Å². The zero-order valence-corrected chi connectivity index (χ0v) is 10.4. The monoisotopic (exact) mass is 257 g/mol. The van der Waals surface area contributed by atoms with Crippen molar-refractivity contribution in [3.8, 4) is 0 Å². The summed E-state index contributed by atoms with van der Waals surface area (Å²) in [5.41, 5.74) is 0.215. The third kappa shape index (κ3) is 3.31. The van der Waals surface area contributed by atoms with Gasteiger partial charge in [-0.05, 0) is 13.0 Å². The van der Waals surface area contributed by atoms with Crippen LogP contribution in [0, 0.1) is 0 Å². The van der Waals surface area contributed by atoms with Crippen LogP contribution in [0.1, 0.15) is 17.3 Å². The van der Waals surface area contributed by atoms with Gasteiger partial charge in [-0.2, -0.15) is 0 Å². The minimum atomic E-state index is -0.242. The highest BCUT2D eigenvalue weighted by atomic mass is 35.5. The SMILES string of the molecule is C[C@@H]1CN(C(=O)c2cc[nH]c(=O)c2)CCN1.Cl. The van der Waals surface area contributed by atoms with Crippen molar-refractivity contribution in [3.05, 3.63) is 34.2 Å². The van der Waals surface area contributed by atoms with Gasteiger partial charge >= 0.3 is 0 Å². The number of H-pyrrole nitrogens is 1. The number of aromatic nitrogens is 1. The maximum Gasteiger partial charge on any atom is 0.254 e. The van der Waals surface area contributed by atoms with Crippen molar-refractivity contribution in [1.29, 1.82) is 0 Å². The number of hydrogen-bond acceptors (Lipinski definition) is 3. The summed E-state index contributed by atoms with van der Waals surface area (Å²) in [5.74, 6) is -0.0700. The van der Waals surface area contributed by atoms with Gasteiger partial charge in [0.25, 0.3) is 5.91 Å². The van der Waals surface area contributed by atoms with Gasteiger partial charge in [0.2, 0.25) is 5.56 Å². The predicted octanol–water partition coefficient (Wildman–Crippen LogP) is 0.231. The molecule has 1 saturated heterocycles. The largest absolute Gasteiger partial charge is 0.336 e. The second kappa shape index (κ2) is 5.84. The molecule has 0 aliphatic carbocycles. The molecule has 1 atom stereocenters. The lowest BCUT2D eigenvalue weighted by Gasteiger charge is -2.31. The number of carbonyl (C=O) groups is 1. The number of piperazine rings is 1. The third-order valence-electron chi connectivity index (χ3n) is 2.68. The van der Waals surface area contributed by atoms with Crippen LogP contribution in [0.2, 0.25) is 0 Å². The number of hydrogen-bond donors (Lipinski definition) is 2. The number of carbonyl (C=O) groups excluding carboxylic acids is 1. The highest BCUT2D eigenvalue weighted by Crippen LogP contribution is 2.05. The summed E-state index contributed by atoms with van der Waals surface area (Å²) in [4.78, 5) is 27.4. The number of amides is 1. The first-order chi connectivity index (χ1) is 7.66. The van der Waals surface area contributed by atoms with E-state index < -0.39 is 0 Å². The Morgan fingerprint density at radius 3 is 2.94 bits per heavy atom. The topological polar surface area (TPSA) is 65.2 Å². The first-order valence-electron chi connectivity index (χ1n) is 5.38. The minimum absolute atomic E-state index is 0. The molecule has 0 aromatic carbocycles. The van der Waals surface area contributed by atoms with Gasteiger partial charge in [-0.3, -0.25) is 9.59 Å². The Balaban J connectivity index is 0.00000144. The fourth-order valence-electron chi connectivity index (χ4n) is 1.88. The van der Waals surface area contributed by atoms with E-state index in [1.54, 1.807) is 11.0 Å². The molecule has 0 saturated carbocycles. The molecular formula is C11H16ClN3O2. The quantitative estimate of drug-likeness (QED) is 0.757. The van der Waals surface area contributed by atoms with Crippen molar-refractivity contribution in [3.63, 3.8) is 0 Å². The van der Waals surface area contributed by atoms with E-state index in [2.05, 4.69) is 10.3 Å². The van der Waals surface area contributed by atoms with E-state index in [0.29, 0.717) is 24.7 Å². The van der Waals surface area contributed by atoms with Gasteiger partial charge in [-0.25, -0.2) is 0 Å². The fourth-order valence-corrected chi connectivity index (χ4v) is 1.88. The standard InChI is InChI=1S/C11H15N3O2.ClH/c1-8-7-14(5-4-12-8)11(16)9-2-3-13-10(15)6-9;/h2-3,6,8,12H,4-5,7H2,1H3,(H,13,15);1H/t8-;/m1./s1. The minimum Gasteiger partial charge on any atom is -0.336 e. The lowest BCUT2D eigenvalue weighted by atomic mass is 10.2. The summed E-state index contributed by atoms with van der Waals surface area (Å²) < 4.78 is 0. The van der Waals surface area contributed by atoms with Crippen LogP contribution >= 0.6 is 12.4 Å². The molecule has 94 valence electrons. The normalized spacial score (nSPS) is 19.6. The molecule has 17 heavy (non-hydrogen) atoms. The Labute approximate surface area is 106 Å². The zero-order valence-electron chi connectivity index (χ0n) is 9.60. The van der Waals surface area contributed by atoms with Crippen molar-refractivity contribution in [2.45, 2.75) is 13.0 Å². The maximum absolute atomic E-state index is 12.0. The summed E-state index contributed by atoms with van der Waals surface area (Å²) in [6.07, 6.45) is 1.50. The van der Waals surface area contributed by atoms with Crippen LogP contribution in [0.3, 0.4) is 0 Å². The van der Waals surface area contributed by atoms with Crippen molar-refractivity contribution in [2.24, 2.45) is 0 Å². The van der Waals surface area contributed by atoms with Crippen molar-refractivity contribution in [1.82, 2.24) is 15.2 Å². The Morgan fingerprint density at radius 1 is 1.53 bits per heavy atom. The number of nitrogens with zero attached hydrogens (tertiary/aromatic N) is 1. The van der Waals surface area contributed by atoms with E-state index in [1.165, 1.54) is 12.3 Å². The van der Waals surface area contributed by atoms with Gasteiger partial charge in [0.1, 0.15) is 0 Å². The average molecular weight is 258 g/mol. The molecular weight excluding hydrogens is 242 g/mol. The van der Waals surface area contributed by atoms with E-state index in [-0.39, 0.29) is 23.9 Å². The molecule has 1 amide bonds. The zero-order chi connectivity index (χ0) is 11.5. The molecule has 1 aromatic rings. The van der Waals surface area contributed by atoms with Gasteiger partial charge < -0.3 is 15.2 Å².